The van der Waals surface area contributed by atoms with Gasteiger partial charge in [0.15, 0.2) is 5.82 Å². The highest BCUT2D eigenvalue weighted by Crippen LogP contribution is 2.11. The van der Waals surface area contributed by atoms with Gasteiger partial charge in [-0.3, -0.25) is 14.6 Å². The topological polar surface area (TPSA) is 94.7 Å². The molecule has 0 aliphatic heterocycles. The number of rotatable bonds is 4. The zero-order valence-electron chi connectivity index (χ0n) is 14.2. The average Bonchev–Trinajstić information content (AvgIpc) is 2.94. The molecule has 0 aliphatic carbocycles. The Morgan fingerprint density at radius 2 is 1.84 bits per heavy atom. The van der Waals surface area contributed by atoms with Gasteiger partial charge in [0.05, 0.1) is 5.69 Å². The maximum absolute atomic E-state index is 12.4. The predicted molar refractivity (Wildman–Crippen MR) is 92.7 cm³/mol. The number of nitrogens with zero attached hydrogens (tertiary/aromatic N) is 5. The van der Waals surface area contributed by atoms with Crippen LogP contribution in [0.4, 0.5) is 5.69 Å². The molecule has 0 saturated heterocycles. The number of aryl methyl sites for hydroxylation is 2. The third-order valence-corrected chi connectivity index (χ3v) is 3.73. The van der Waals surface area contributed by atoms with Gasteiger partial charge >= 0.3 is 0 Å². The molecule has 0 aromatic carbocycles. The first-order chi connectivity index (χ1) is 12.0. The molecule has 3 rings (SSSR count). The van der Waals surface area contributed by atoms with Gasteiger partial charge in [-0.1, -0.05) is 0 Å². The molecule has 8 nitrogen and oxygen atoms in total. The van der Waals surface area contributed by atoms with Gasteiger partial charge in [0.2, 0.25) is 5.91 Å². The summed E-state index contributed by atoms with van der Waals surface area (Å²) in [6, 6.07) is 7.45. The average molecular weight is 338 g/mol. The Hall–Kier alpha value is -3.29. The number of hydrogen-bond donors (Lipinski definition) is 1. The highest BCUT2D eigenvalue weighted by atomic mass is 16.2. The minimum absolute atomic E-state index is 0.341. The number of nitrogens with one attached hydrogen (secondary N) is 1. The van der Waals surface area contributed by atoms with Gasteiger partial charge in [-0.15, -0.1) is 5.10 Å². The van der Waals surface area contributed by atoms with E-state index in [1.54, 1.807) is 42.2 Å². The third kappa shape index (κ3) is 3.47. The molecule has 0 spiro atoms. The fourth-order valence-corrected chi connectivity index (χ4v) is 2.46. The van der Waals surface area contributed by atoms with E-state index >= 15 is 0 Å². The van der Waals surface area contributed by atoms with Crippen LogP contribution < -0.4 is 10.9 Å². The lowest BCUT2D eigenvalue weighted by Gasteiger charge is -2.15. The van der Waals surface area contributed by atoms with E-state index in [0.717, 1.165) is 16.1 Å². The second-order valence-electron chi connectivity index (χ2n) is 5.71. The molecule has 1 amide bonds. The number of aromatic nitrogens is 5. The quantitative estimate of drug-likeness (QED) is 0.780. The summed E-state index contributed by atoms with van der Waals surface area (Å²) >= 11 is 0. The molecular weight excluding hydrogens is 320 g/mol. The molecule has 128 valence electrons. The van der Waals surface area contributed by atoms with Crippen molar-refractivity contribution in [1.29, 1.82) is 0 Å². The van der Waals surface area contributed by atoms with E-state index in [4.69, 9.17) is 0 Å². The van der Waals surface area contributed by atoms with E-state index in [9.17, 15) is 9.59 Å². The molecule has 0 radical (unpaired) electrons. The Morgan fingerprint density at radius 1 is 1.12 bits per heavy atom. The van der Waals surface area contributed by atoms with E-state index in [2.05, 4.69) is 20.5 Å². The van der Waals surface area contributed by atoms with Crippen LogP contribution in [0.5, 0.6) is 0 Å². The van der Waals surface area contributed by atoms with Crippen molar-refractivity contribution in [3.05, 3.63) is 64.5 Å². The second kappa shape index (κ2) is 6.68. The molecule has 1 unspecified atom stereocenters. The van der Waals surface area contributed by atoms with E-state index in [-0.39, 0.29) is 11.5 Å². The Bertz CT molecular complexity index is 961. The molecule has 25 heavy (non-hydrogen) atoms. The largest absolute Gasteiger partial charge is 0.324 e. The van der Waals surface area contributed by atoms with E-state index in [0.29, 0.717) is 11.5 Å². The van der Waals surface area contributed by atoms with Crippen LogP contribution >= 0.6 is 0 Å². The summed E-state index contributed by atoms with van der Waals surface area (Å²) in [6.07, 6.45) is 3.16. The van der Waals surface area contributed by atoms with Crippen molar-refractivity contribution in [2.24, 2.45) is 0 Å². The van der Waals surface area contributed by atoms with Crippen LogP contribution in [0.15, 0.2) is 47.5 Å². The maximum Gasteiger partial charge on any atom is 0.267 e. The van der Waals surface area contributed by atoms with Crippen molar-refractivity contribution in [2.75, 3.05) is 5.32 Å². The molecule has 0 saturated carbocycles. The standard InChI is InChI=1S/C17H18N6O2/c1-11-10-12(2)22(20-11)15-4-5-16(24)23(21-15)13(3)17(25)19-14-6-8-18-9-7-14/h4-10,13H,1-3H3,(H,18,19,25). The summed E-state index contributed by atoms with van der Waals surface area (Å²) in [5.74, 6) is 0.139. The lowest BCUT2D eigenvalue weighted by Crippen LogP contribution is -2.33. The number of carbonyl (C=O) groups is 1. The Kier molecular flexibility index (Phi) is 4.42. The van der Waals surface area contributed by atoms with Crippen molar-refractivity contribution in [2.45, 2.75) is 26.8 Å². The van der Waals surface area contributed by atoms with Gasteiger partial charge in [0.1, 0.15) is 6.04 Å². The van der Waals surface area contributed by atoms with Crippen LogP contribution in [0.3, 0.4) is 0 Å². The van der Waals surface area contributed by atoms with Crippen LogP contribution in [0.1, 0.15) is 24.4 Å². The fraction of sp³-hybridized carbons (Fsp3) is 0.235. The van der Waals surface area contributed by atoms with Crippen molar-refractivity contribution >= 4 is 11.6 Å². The normalized spacial score (nSPS) is 12.0. The first-order valence-electron chi connectivity index (χ1n) is 7.80. The highest BCUT2D eigenvalue weighted by molar-refractivity contribution is 5.93. The lowest BCUT2D eigenvalue weighted by atomic mass is 10.3. The van der Waals surface area contributed by atoms with Gasteiger partial charge in [-0.2, -0.15) is 5.10 Å². The van der Waals surface area contributed by atoms with Crippen LogP contribution in [0.2, 0.25) is 0 Å². The van der Waals surface area contributed by atoms with Gasteiger partial charge in [0, 0.05) is 29.8 Å². The SMILES string of the molecule is Cc1cc(C)n(-c2ccc(=O)n(C(C)C(=O)Nc3ccncc3)n2)n1. The molecule has 3 aromatic rings. The highest BCUT2D eigenvalue weighted by Gasteiger charge is 2.18. The molecule has 8 heteroatoms. The minimum Gasteiger partial charge on any atom is -0.324 e. The zero-order chi connectivity index (χ0) is 18.0. The van der Waals surface area contributed by atoms with Crippen LogP contribution in [-0.4, -0.2) is 30.5 Å². The number of anilines is 1. The zero-order valence-corrected chi connectivity index (χ0v) is 14.2. The molecule has 0 aliphatic rings. The smallest absolute Gasteiger partial charge is 0.267 e. The predicted octanol–water partition coefficient (Wildman–Crippen LogP) is 1.64. The van der Waals surface area contributed by atoms with E-state index in [1.807, 2.05) is 19.9 Å². The molecule has 3 aromatic heterocycles. The van der Waals surface area contributed by atoms with Crippen molar-refractivity contribution < 1.29 is 4.79 Å². The van der Waals surface area contributed by atoms with E-state index < -0.39 is 6.04 Å². The van der Waals surface area contributed by atoms with Crippen molar-refractivity contribution in [1.82, 2.24) is 24.5 Å². The molecule has 0 fully saturated rings. The van der Waals surface area contributed by atoms with Gasteiger partial charge in [-0.25, -0.2) is 9.36 Å². The molecular formula is C17H18N6O2. The Balaban J connectivity index is 1.91. The maximum atomic E-state index is 12.4. The molecule has 1 atom stereocenters. The lowest BCUT2D eigenvalue weighted by molar-refractivity contribution is -0.119. The Morgan fingerprint density at radius 3 is 2.48 bits per heavy atom. The molecule has 3 heterocycles. The molecule has 1 N–H and O–H groups in total. The van der Waals surface area contributed by atoms with Crippen molar-refractivity contribution in [3.63, 3.8) is 0 Å². The van der Waals surface area contributed by atoms with E-state index in [1.165, 1.54) is 6.07 Å². The van der Waals surface area contributed by atoms with Crippen LogP contribution in [0, 0.1) is 13.8 Å². The summed E-state index contributed by atoms with van der Waals surface area (Å²) in [4.78, 5) is 28.5. The third-order valence-electron chi connectivity index (χ3n) is 3.73. The minimum atomic E-state index is -0.780. The number of hydrogen-bond acceptors (Lipinski definition) is 5. The number of amides is 1. The first-order valence-corrected chi connectivity index (χ1v) is 7.80. The van der Waals surface area contributed by atoms with Crippen molar-refractivity contribution in [3.8, 4) is 5.82 Å². The Labute approximate surface area is 144 Å². The van der Waals surface area contributed by atoms with Gasteiger partial charge in [0.25, 0.3) is 5.56 Å². The first kappa shape index (κ1) is 16.6. The van der Waals surface area contributed by atoms with Crippen LogP contribution in [-0.2, 0) is 4.79 Å². The molecule has 0 bridgehead atoms. The van der Waals surface area contributed by atoms with Gasteiger partial charge in [-0.05, 0) is 45.0 Å². The second-order valence-corrected chi connectivity index (χ2v) is 5.71. The summed E-state index contributed by atoms with van der Waals surface area (Å²) < 4.78 is 2.79. The summed E-state index contributed by atoms with van der Waals surface area (Å²) in [5, 5.41) is 11.4. The number of pyridine rings is 1. The monoisotopic (exact) mass is 338 g/mol. The summed E-state index contributed by atoms with van der Waals surface area (Å²) in [5.41, 5.74) is 1.99. The summed E-state index contributed by atoms with van der Waals surface area (Å²) in [7, 11) is 0. The van der Waals surface area contributed by atoms with Gasteiger partial charge < -0.3 is 5.32 Å². The fourth-order valence-electron chi connectivity index (χ4n) is 2.46. The number of carbonyl (C=O) groups excluding carboxylic acids is 1. The van der Waals surface area contributed by atoms with Crippen LogP contribution in [0.25, 0.3) is 5.82 Å². The summed E-state index contributed by atoms with van der Waals surface area (Å²) in [6.45, 7) is 5.40.